The second-order valence-electron chi connectivity index (χ2n) is 5.79. The fourth-order valence-corrected chi connectivity index (χ4v) is 3.34. The van der Waals surface area contributed by atoms with Crippen molar-refractivity contribution in [3.05, 3.63) is 33.4 Å². The first-order valence-electron chi connectivity index (χ1n) is 8.29. The Hall–Kier alpha value is -2.22. The highest BCUT2D eigenvalue weighted by Gasteiger charge is 2.34. The number of hydrogen-bond donors (Lipinski definition) is 2. The molecule has 8 heteroatoms. The predicted octanol–water partition coefficient (Wildman–Crippen LogP) is 3.44. The van der Waals surface area contributed by atoms with Crippen LogP contribution in [0.15, 0.2) is 27.9 Å². The Morgan fingerprint density at radius 1 is 1.27 bits per heavy atom. The SMILES string of the molecule is CCCCOC(=O)C1=C(C)NC(=O)N[C@H]1c1cc(OC)cc(Br)c1OC. The molecule has 142 valence electrons. The monoisotopic (exact) mass is 426 g/mol. The zero-order valence-electron chi connectivity index (χ0n) is 15.3. The van der Waals surface area contributed by atoms with Crippen LogP contribution in [0.1, 0.15) is 38.3 Å². The van der Waals surface area contributed by atoms with Gasteiger partial charge in [-0.1, -0.05) is 13.3 Å². The van der Waals surface area contributed by atoms with E-state index in [1.807, 2.05) is 6.92 Å². The average molecular weight is 427 g/mol. The van der Waals surface area contributed by atoms with Gasteiger partial charge in [0.15, 0.2) is 0 Å². The number of allylic oxidation sites excluding steroid dienone is 1. The summed E-state index contributed by atoms with van der Waals surface area (Å²) >= 11 is 3.44. The maximum absolute atomic E-state index is 12.7. The molecule has 0 aromatic heterocycles. The van der Waals surface area contributed by atoms with E-state index in [1.54, 1.807) is 26.2 Å². The molecule has 1 aliphatic rings. The summed E-state index contributed by atoms with van der Waals surface area (Å²) in [4.78, 5) is 24.7. The smallest absolute Gasteiger partial charge is 0.338 e. The molecule has 2 amide bonds. The van der Waals surface area contributed by atoms with Gasteiger partial charge in [-0.2, -0.15) is 0 Å². The van der Waals surface area contributed by atoms with Crippen LogP contribution in [0.3, 0.4) is 0 Å². The summed E-state index contributed by atoms with van der Waals surface area (Å²) in [5.74, 6) is 0.593. The molecule has 0 radical (unpaired) electrons. The van der Waals surface area contributed by atoms with E-state index in [0.29, 0.717) is 39.4 Å². The lowest BCUT2D eigenvalue weighted by Gasteiger charge is -2.29. The fraction of sp³-hybridized carbons (Fsp3) is 0.444. The van der Waals surface area contributed by atoms with Crippen molar-refractivity contribution < 1.29 is 23.8 Å². The average Bonchev–Trinajstić information content (AvgIpc) is 2.60. The van der Waals surface area contributed by atoms with E-state index < -0.39 is 18.0 Å². The molecule has 1 aromatic carbocycles. The number of rotatable bonds is 7. The Bertz CT molecular complexity index is 733. The summed E-state index contributed by atoms with van der Waals surface area (Å²) in [6.45, 7) is 4.01. The van der Waals surface area contributed by atoms with E-state index in [-0.39, 0.29) is 0 Å². The molecule has 1 aliphatic heterocycles. The van der Waals surface area contributed by atoms with Crippen molar-refractivity contribution in [3.8, 4) is 11.5 Å². The largest absolute Gasteiger partial charge is 0.497 e. The first-order valence-corrected chi connectivity index (χ1v) is 9.09. The maximum Gasteiger partial charge on any atom is 0.338 e. The molecular weight excluding hydrogens is 404 g/mol. The highest BCUT2D eigenvalue weighted by atomic mass is 79.9. The van der Waals surface area contributed by atoms with E-state index in [2.05, 4.69) is 26.6 Å². The van der Waals surface area contributed by atoms with Gasteiger partial charge in [-0.3, -0.25) is 0 Å². The molecule has 0 saturated heterocycles. The number of unbranched alkanes of at least 4 members (excludes halogenated alkanes) is 1. The van der Waals surface area contributed by atoms with Gasteiger partial charge in [0.2, 0.25) is 0 Å². The Morgan fingerprint density at radius 2 is 2.00 bits per heavy atom. The van der Waals surface area contributed by atoms with Crippen molar-refractivity contribution in [1.82, 2.24) is 10.6 Å². The topological polar surface area (TPSA) is 85.9 Å². The number of halogens is 1. The lowest BCUT2D eigenvalue weighted by Crippen LogP contribution is -2.45. The minimum atomic E-state index is -0.723. The van der Waals surface area contributed by atoms with Gasteiger partial charge in [0, 0.05) is 11.3 Å². The van der Waals surface area contributed by atoms with Crippen molar-refractivity contribution in [2.45, 2.75) is 32.7 Å². The fourth-order valence-electron chi connectivity index (χ4n) is 2.72. The Balaban J connectivity index is 2.50. The molecule has 2 N–H and O–H groups in total. The van der Waals surface area contributed by atoms with Crippen LogP contribution in [0.4, 0.5) is 4.79 Å². The molecule has 1 aromatic rings. The number of urea groups is 1. The number of nitrogens with one attached hydrogen (secondary N) is 2. The Kier molecular flexibility index (Phi) is 6.90. The molecule has 2 rings (SSSR count). The van der Waals surface area contributed by atoms with Crippen LogP contribution >= 0.6 is 15.9 Å². The van der Waals surface area contributed by atoms with Gasteiger partial charge >= 0.3 is 12.0 Å². The van der Waals surface area contributed by atoms with Crippen LogP contribution in [0.2, 0.25) is 0 Å². The van der Waals surface area contributed by atoms with Crippen LogP contribution in [-0.2, 0) is 9.53 Å². The number of ether oxygens (including phenoxy) is 3. The lowest BCUT2D eigenvalue weighted by atomic mass is 9.94. The first kappa shape index (κ1) is 20.1. The predicted molar refractivity (Wildman–Crippen MR) is 100 cm³/mol. The summed E-state index contributed by atoms with van der Waals surface area (Å²) < 4.78 is 16.8. The van der Waals surface area contributed by atoms with Crippen molar-refractivity contribution in [2.75, 3.05) is 20.8 Å². The molecule has 0 fully saturated rings. The summed E-state index contributed by atoms with van der Waals surface area (Å²) in [6.07, 6.45) is 1.69. The third-order valence-corrected chi connectivity index (χ3v) is 4.61. The molecule has 0 unspecified atom stereocenters. The van der Waals surface area contributed by atoms with Gasteiger partial charge in [-0.05, 0) is 41.4 Å². The number of methoxy groups -OCH3 is 2. The second kappa shape index (κ2) is 8.93. The number of carbonyl (C=O) groups excluding carboxylic acids is 2. The van der Waals surface area contributed by atoms with E-state index in [1.165, 1.54) is 7.11 Å². The maximum atomic E-state index is 12.7. The van der Waals surface area contributed by atoms with Gasteiger partial charge in [0.05, 0.1) is 36.9 Å². The first-order chi connectivity index (χ1) is 12.4. The number of hydrogen-bond acceptors (Lipinski definition) is 5. The number of esters is 1. The summed E-state index contributed by atoms with van der Waals surface area (Å²) in [6, 6.07) is 2.35. The Labute approximate surface area is 161 Å². The molecular formula is C18H23BrN2O5. The standard InChI is InChI=1S/C18H23BrN2O5/c1-5-6-7-26-17(22)14-10(2)20-18(23)21-15(14)12-8-11(24-3)9-13(19)16(12)25-4/h8-9,15H,5-7H2,1-4H3,(H2,20,21,23)/t15-/m0/s1. The van der Waals surface area contributed by atoms with E-state index >= 15 is 0 Å². The highest BCUT2D eigenvalue weighted by molar-refractivity contribution is 9.10. The molecule has 0 bridgehead atoms. The van der Waals surface area contributed by atoms with Crippen molar-refractivity contribution >= 4 is 27.9 Å². The zero-order chi connectivity index (χ0) is 19.3. The van der Waals surface area contributed by atoms with Crippen molar-refractivity contribution in [2.24, 2.45) is 0 Å². The van der Waals surface area contributed by atoms with Crippen LogP contribution in [0, 0.1) is 0 Å². The Morgan fingerprint density at radius 3 is 2.62 bits per heavy atom. The van der Waals surface area contributed by atoms with Crippen LogP contribution in [0.25, 0.3) is 0 Å². The van der Waals surface area contributed by atoms with Gasteiger partial charge in [-0.25, -0.2) is 9.59 Å². The molecule has 0 aliphatic carbocycles. The van der Waals surface area contributed by atoms with Gasteiger partial charge in [-0.15, -0.1) is 0 Å². The summed E-state index contributed by atoms with van der Waals surface area (Å²) in [5, 5.41) is 5.40. The van der Waals surface area contributed by atoms with Gasteiger partial charge in [0.1, 0.15) is 11.5 Å². The summed E-state index contributed by atoms with van der Waals surface area (Å²) in [7, 11) is 3.06. The highest BCUT2D eigenvalue weighted by Crippen LogP contribution is 2.40. The summed E-state index contributed by atoms with van der Waals surface area (Å²) in [5.41, 5.74) is 1.37. The molecule has 0 spiro atoms. The number of amides is 2. The van der Waals surface area contributed by atoms with Crippen LogP contribution in [-0.4, -0.2) is 32.8 Å². The quantitative estimate of drug-likeness (QED) is 0.515. The minimum Gasteiger partial charge on any atom is -0.497 e. The second-order valence-corrected chi connectivity index (χ2v) is 6.65. The lowest BCUT2D eigenvalue weighted by molar-refractivity contribution is -0.139. The molecule has 1 heterocycles. The molecule has 0 saturated carbocycles. The van der Waals surface area contributed by atoms with Crippen molar-refractivity contribution in [3.63, 3.8) is 0 Å². The van der Waals surface area contributed by atoms with Gasteiger partial charge in [0.25, 0.3) is 0 Å². The normalized spacial score (nSPS) is 16.7. The minimum absolute atomic E-state index is 0.325. The van der Waals surface area contributed by atoms with Crippen molar-refractivity contribution in [1.29, 1.82) is 0 Å². The third-order valence-electron chi connectivity index (χ3n) is 4.02. The van der Waals surface area contributed by atoms with Gasteiger partial charge < -0.3 is 24.8 Å². The van der Waals surface area contributed by atoms with E-state index in [0.717, 1.165) is 12.8 Å². The molecule has 1 atom stereocenters. The number of carbonyl (C=O) groups is 2. The van der Waals surface area contributed by atoms with E-state index in [4.69, 9.17) is 14.2 Å². The third kappa shape index (κ3) is 4.30. The zero-order valence-corrected chi connectivity index (χ0v) is 16.9. The van der Waals surface area contributed by atoms with E-state index in [9.17, 15) is 9.59 Å². The number of benzene rings is 1. The van der Waals surface area contributed by atoms with Crippen LogP contribution < -0.4 is 20.1 Å². The van der Waals surface area contributed by atoms with Crippen LogP contribution in [0.5, 0.6) is 11.5 Å². The molecule has 26 heavy (non-hydrogen) atoms. The molecule has 7 nitrogen and oxygen atoms in total.